The van der Waals surface area contributed by atoms with Gasteiger partial charge in [0.15, 0.2) is 5.84 Å². The van der Waals surface area contributed by atoms with Crippen molar-refractivity contribution in [2.24, 2.45) is 10.9 Å². The van der Waals surface area contributed by atoms with Crippen LogP contribution >= 0.6 is 0 Å². The summed E-state index contributed by atoms with van der Waals surface area (Å²) in [6, 6.07) is 7.26. The van der Waals surface area contributed by atoms with Crippen molar-refractivity contribution in [3.63, 3.8) is 0 Å². The van der Waals surface area contributed by atoms with Crippen LogP contribution in [0, 0.1) is 10.1 Å². The molecule has 1 aromatic carbocycles. The van der Waals surface area contributed by atoms with Crippen LogP contribution in [0.3, 0.4) is 0 Å². The molecule has 8 heteroatoms. The van der Waals surface area contributed by atoms with E-state index in [2.05, 4.69) is 10.1 Å². The molecule has 3 N–H and O–H groups in total. The molecule has 0 bridgehead atoms. The van der Waals surface area contributed by atoms with E-state index in [0.717, 1.165) is 0 Å². The number of oxime groups is 1. The average Bonchev–Trinajstić information content (AvgIpc) is 2.47. The van der Waals surface area contributed by atoms with Gasteiger partial charge in [0.05, 0.1) is 11.1 Å². The number of rotatable bonds is 4. The fraction of sp³-hybridized carbons (Fsp3) is 0. The molecule has 0 aliphatic carbocycles. The van der Waals surface area contributed by atoms with Crippen LogP contribution < -0.4 is 10.5 Å². The maximum atomic E-state index is 11.0. The summed E-state index contributed by atoms with van der Waals surface area (Å²) in [5, 5.41) is 22.4. The van der Waals surface area contributed by atoms with E-state index in [1.54, 1.807) is 18.3 Å². The van der Waals surface area contributed by atoms with Gasteiger partial charge in [0.1, 0.15) is 5.75 Å². The predicted octanol–water partition coefficient (Wildman–Crippen LogP) is 1.88. The van der Waals surface area contributed by atoms with Gasteiger partial charge < -0.3 is 15.7 Å². The first-order valence-corrected chi connectivity index (χ1v) is 5.46. The third kappa shape index (κ3) is 2.80. The van der Waals surface area contributed by atoms with Gasteiger partial charge in [-0.25, -0.2) is 0 Å². The van der Waals surface area contributed by atoms with E-state index in [1.165, 1.54) is 24.4 Å². The highest BCUT2D eigenvalue weighted by Crippen LogP contribution is 2.31. The minimum absolute atomic E-state index is 0.0393. The Morgan fingerprint density at radius 3 is 2.85 bits per heavy atom. The Hall–Kier alpha value is -3.16. The molecule has 0 saturated heterocycles. The number of nitrogens with two attached hydrogens (primary N) is 1. The second kappa shape index (κ2) is 5.65. The van der Waals surface area contributed by atoms with Crippen LogP contribution in [-0.4, -0.2) is 21.0 Å². The van der Waals surface area contributed by atoms with Crippen LogP contribution in [0.5, 0.6) is 11.5 Å². The second-order valence-electron chi connectivity index (χ2n) is 3.72. The smallest absolute Gasteiger partial charge is 0.312 e. The minimum atomic E-state index is -0.611. The monoisotopic (exact) mass is 274 g/mol. The molecule has 0 unspecified atom stereocenters. The lowest BCUT2D eigenvalue weighted by molar-refractivity contribution is -0.385. The number of nitrogens with zero attached hydrogens (tertiary/aromatic N) is 3. The Morgan fingerprint density at radius 2 is 2.25 bits per heavy atom. The number of hydrogen-bond acceptors (Lipinski definition) is 6. The molecule has 0 fully saturated rings. The standard InChI is InChI=1S/C12H10N4O4/c13-12(15-17)8-3-4-11(10(6-8)16(18)19)20-9-2-1-5-14-7-9/h1-7,17H,(H2,13,15). The molecule has 0 radical (unpaired) electrons. The van der Waals surface area contributed by atoms with E-state index >= 15 is 0 Å². The molecule has 0 saturated carbocycles. The van der Waals surface area contributed by atoms with Gasteiger partial charge in [-0.2, -0.15) is 0 Å². The Bertz CT molecular complexity index is 658. The van der Waals surface area contributed by atoms with E-state index in [1.807, 2.05) is 0 Å². The number of hydrogen-bond donors (Lipinski definition) is 2. The topological polar surface area (TPSA) is 124 Å². The summed E-state index contributed by atoms with van der Waals surface area (Å²) in [6.07, 6.45) is 2.99. The molecular weight excluding hydrogens is 264 g/mol. The van der Waals surface area contributed by atoms with Crippen molar-refractivity contribution in [1.82, 2.24) is 4.98 Å². The highest BCUT2D eigenvalue weighted by Gasteiger charge is 2.18. The number of pyridine rings is 1. The molecule has 1 heterocycles. The predicted molar refractivity (Wildman–Crippen MR) is 69.9 cm³/mol. The first-order chi connectivity index (χ1) is 9.61. The highest BCUT2D eigenvalue weighted by molar-refractivity contribution is 5.97. The zero-order valence-corrected chi connectivity index (χ0v) is 10.1. The van der Waals surface area contributed by atoms with Crippen LogP contribution in [0.15, 0.2) is 47.9 Å². The van der Waals surface area contributed by atoms with Gasteiger partial charge in [0.25, 0.3) is 0 Å². The zero-order chi connectivity index (χ0) is 14.5. The summed E-state index contributed by atoms with van der Waals surface area (Å²) in [6.45, 7) is 0. The van der Waals surface area contributed by atoms with Crippen molar-refractivity contribution in [2.75, 3.05) is 0 Å². The second-order valence-corrected chi connectivity index (χ2v) is 3.72. The van der Waals surface area contributed by atoms with Crippen molar-refractivity contribution in [3.05, 3.63) is 58.4 Å². The molecule has 0 aliphatic rings. The number of amidine groups is 1. The van der Waals surface area contributed by atoms with Crippen molar-refractivity contribution in [1.29, 1.82) is 0 Å². The molecule has 20 heavy (non-hydrogen) atoms. The van der Waals surface area contributed by atoms with Crippen LogP contribution in [0.1, 0.15) is 5.56 Å². The lowest BCUT2D eigenvalue weighted by Gasteiger charge is -2.07. The summed E-state index contributed by atoms with van der Waals surface area (Å²) in [7, 11) is 0. The summed E-state index contributed by atoms with van der Waals surface area (Å²) < 4.78 is 5.39. The molecule has 1 aromatic heterocycles. The SMILES string of the molecule is NC(=NO)c1ccc(Oc2cccnc2)c([N+](=O)[O-])c1. The molecule has 0 atom stereocenters. The normalized spacial score (nSPS) is 11.1. The molecular formula is C12H10N4O4. The summed E-state index contributed by atoms with van der Waals surface area (Å²) in [5.41, 5.74) is 5.32. The Balaban J connectivity index is 2.41. The minimum Gasteiger partial charge on any atom is -0.449 e. The van der Waals surface area contributed by atoms with Crippen molar-refractivity contribution < 1.29 is 14.9 Å². The van der Waals surface area contributed by atoms with Crippen molar-refractivity contribution in [2.45, 2.75) is 0 Å². The van der Waals surface area contributed by atoms with Crippen LogP contribution in [0.25, 0.3) is 0 Å². The maximum absolute atomic E-state index is 11.0. The molecule has 102 valence electrons. The first kappa shape index (κ1) is 13.3. The van der Waals surface area contributed by atoms with E-state index < -0.39 is 4.92 Å². The number of benzene rings is 1. The van der Waals surface area contributed by atoms with Gasteiger partial charge in [-0.05, 0) is 24.3 Å². The fourth-order valence-corrected chi connectivity index (χ4v) is 1.50. The van der Waals surface area contributed by atoms with Gasteiger partial charge in [0.2, 0.25) is 5.75 Å². The van der Waals surface area contributed by atoms with Gasteiger partial charge in [0, 0.05) is 17.8 Å². The molecule has 0 aliphatic heterocycles. The largest absolute Gasteiger partial charge is 0.449 e. The van der Waals surface area contributed by atoms with Crippen LogP contribution in [0.2, 0.25) is 0 Å². The molecule has 0 amide bonds. The van der Waals surface area contributed by atoms with Crippen LogP contribution in [0.4, 0.5) is 5.69 Å². The maximum Gasteiger partial charge on any atom is 0.312 e. The number of nitro benzene ring substituents is 1. The van der Waals surface area contributed by atoms with E-state index in [0.29, 0.717) is 5.75 Å². The van der Waals surface area contributed by atoms with E-state index in [4.69, 9.17) is 15.7 Å². The quantitative estimate of drug-likeness (QED) is 0.288. The third-order valence-corrected chi connectivity index (χ3v) is 2.42. The number of ether oxygens (including phenoxy) is 1. The summed E-state index contributed by atoms with van der Waals surface area (Å²) in [5.74, 6) is 0.186. The Morgan fingerprint density at radius 1 is 1.45 bits per heavy atom. The first-order valence-electron chi connectivity index (χ1n) is 5.46. The van der Waals surface area contributed by atoms with Gasteiger partial charge in [-0.1, -0.05) is 5.16 Å². The third-order valence-electron chi connectivity index (χ3n) is 2.42. The molecule has 2 aromatic rings. The molecule has 0 spiro atoms. The summed E-state index contributed by atoms with van der Waals surface area (Å²) >= 11 is 0. The molecule has 2 rings (SSSR count). The van der Waals surface area contributed by atoms with Gasteiger partial charge in [-0.3, -0.25) is 15.1 Å². The fourth-order valence-electron chi connectivity index (χ4n) is 1.50. The van der Waals surface area contributed by atoms with E-state index in [9.17, 15) is 10.1 Å². The zero-order valence-electron chi connectivity index (χ0n) is 10.1. The van der Waals surface area contributed by atoms with Crippen LogP contribution in [-0.2, 0) is 0 Å². The Kier molecular flexibility index (Phi) is 3.75. The van der Waals surface area contributed by atoms with Crippen molar-refractivity contribution in [3.8, 4) is 11.5 Å². The van der Waals surface area contributed by atoms with Crippen molar-refractivity contribution >= 4 is 11.5 Å². The average molecular weight is 274 g/mol. The number of aromatic nitrogens is 1. The van der Waals surface area contributed by atoms with Gasteiger partial charge >= 0.3 is 5.69 Å². The Labute approximate surface area is 113 Å². The van der Waals surface area contributed by atoms with Gasteiger partial charge in [-0.15, -0.1) is 0 Å². The van der Waals surface area contributed by atoms with E-state index in [-0.39, 0.29) is 22.8 Å². The summed E-state index contributed by atoms with van der Waals surface area (Å²) in [4.78, 5) is 14.3. The lowest BCUT2D eigenvalue weighted by Crippen LogP contribution is -2.13. The number of nitro groups is 1. The lowest BCUT2D eigenvalue weighted by atomic mass is 10.1. The highest BCUT2D eigenvalue weighted by atomic mass is 16.6. The molecule has 8 nitrogen and oxygen atoms in total.